The highest BCUT2D eigenvalue weighted by atomic mass is 19.1. The maximum Gasteiger partial charge on any atom is 0.319 e. The van der Waals surface area contributed by atoms with Gasteiger partial charge in [-0.2, -0.15) is 9.97 Å². The number of likely N-dealkylation sites (tertiary alicyclic amines) is 2. The molecule has 4 N–H and O–H groups in total. The Kier molecular flexibility index (Phi) is 13.1. The van der Waals surface area contributed by atoms with Crippen LogP contribution in [0.5, 0.6) is 11.8 Å². The van der Waals surface area contributed by atoms with Crippen molar-refractivity contribution >= 4 is 50.9 Å². The maximum absolute atomic E-state index is 17.1. The van der Waals surface area contributed by atoms with Crippen molar-refractivity contribution in [2.24, 2.45) is 5.92 Å². The predicted molar refractivity (Wildman–Crippen MR) is 252 cm³/mol. The van der Waals surface area contributed by atoms with Crippen molar-refractivity contribution in [3.8, 4) is 23.0 Å². The fourth-order valence-corrected chi connectivity index (χ4v) is 11.0. The highest BCUT2D eigenvalue weighted by Crippen LogP contribution is 2.40. The van der Waals surface area contributed by atoms with E-state index in [2.05, 4.69) is 40.3 Å². The Balaban J connectivity index is 0.755. The second-order valence-corrected chi connectivity index (χ2v) is 19.1. The lowest BCUT2D eigenvalue weighted by Gasteiger charge is -2.40. The Morgan fingerprint density at radius 2 is 1.72 bits per heavy atom. The van der Waals surface area contributed by atoms with Gasteiger partial charge in [-0.3, -0.25) is 29.6 Å². The number of imide groups is 1. The fraction of sp³-hybridized carbons (Fsp3) is 0.500. The highest BCUT2D eigenvalue weighted by Gasteiger charge is 2.35. The van der Waals surface area contributed by atoms with E-state index >= 15 is 8.78 Å². The van der Waals surface area contributed by atoms with E-state index in [1.807, 2.05) is 17.9 Å². The van der Waals surface area contributed by atoms with Crippen LogP contribution in [0.15, 0.2) is 48.8 Å². The number of nitrogens with one attached hydrogen (secondary N) is 2. The number of carbonyl (C=O) groups is 3. The molecule has 5 aliphatic heterocycles. The number of phenolic OH excluding ortho intramolecular Hbond substituents is 1. The van der Waals surface area contributed by atoms with Crippen LogP contribution in [0.4, 0.5) is 20.3 Å². The Morgan fingerprint density at radius 1 is 0.897 bits per heavy atom. The Morgan fingerprint density at radius 3 is 2.47 bits per heavy atom. The molecule has 2 aromatic carbocycles. The van der Waals surface area contributed by atoms with Crippen molar-refractivity contribution in [1.29, 1.82) is 0 Å². The molecular weight excluding hydrogens is 875 g/mol. The number of aromatic nitrogens is 4. The lowest BCUT2D eigenvalue weighted by atomic mass is 9.94. The van der Waals surface area contributed by atoms with Crippen molar-refractivity contribution in [2.75, 3.05) is 68.7 Å². The van der Waals surface area contributed by atoms with E-state index in [0.29, 0.717) is 72.0 Å². The molecule has 0 spiro atoms. The van der Waals surface area contributed by atoms with Gasteiger partial charge in [-0.15, -0.1) is 0 Å². The molecule has 0 radical (unpaired) electrons. The zero-order valence-corrected chi connectivity index (χ0v) is 38.3. The van der Waals surface area contributed by atoms with Crippen LogP contribution in [0.25, 0.3) is 32.9 Å². The summed E-state index contributed by atoms with van der Waals surface area (Å²) in [6.07, 6.45) is 9.71. The zero-order chi connectivity index (χ0) is 47.1. The first kappa shape index (κ1) is 45.7. The number of hydrogen-bond donors (Lipinski definition) is 4. The Hall–Kier alpha value is -6.11. The van der Waals surface area contributed by atoms with Gasteiger partial charge < -0.3 is 35.0 Å². The number of rotatable bonds is 11. The summed E-state index contributed by atoms with van der Waals surface area (Å²) in [6, 6.07) is 9.20. The quantitative estimate of drug-likeness (QED) is 0.128. The number of aryl methyl sites for hydroxylation is 1. The molecule has 0 aliphatic carbocycles. The fourth-order valence-electron chi connectivity index (χ4n) is 11.0. The number of carbonyl (C=O) groups excluding carboxylic acids is 3. The number of aliphatic hydroxyl groups is 1. The molecule has 358 valence electrons. The molecule has 3 amide bonds. The van der Waals surface area contributed by atoms with Gasteiger partial charge in [-0.05, 0) is 123 Å². The number of fused-ring (bicyclic) bond motifs is 2. The second-order valence-electron chi connectivity index (χ2n) is 19.1. The third-order valence-electron chi connectivity index (χ3n) is 14.6. The van der Waals surface area contributed by atoms with Gasteiger partial charge in [0.05, 0.1) is 23.4 Å². The van der Waals surface area contributed by atoms with Gasteiger partial charge in [-0.25, -0.2) is 13.8 Å². The molecule has 5 aliphatic rings. The Bertz CT molecular complexity index is 2710. The summed E-state index contributed by atoms with van der Waals surface area (Å²) in [6.45, 7) is 9.26. The SMILES string of the molecule is CCc1c(F)ccc2cc(O)cc(-c3ncc4c(N5CCCC(O)C5)nc(OC5CCN(C6CCN(CC7CCN(c8ccc(C(=O)NC9CCC(=O)NC9=O)nc8)CC7)CC6)C5)nc4c3F)c12. The number of piperidine rings is 4. The number of halogens is 2. The van der Waals surface area contributed by atoms with Gasteiger partial charge in [0.25, 0.3) is 5.91 Å². The first-order chi connectivity index (χ1) is 33.0. The van der Waals surface area contributed by atoms with Gasteiger partial charge in [0.1, 0.15) is 46.4 Å². The van der Waals surface area contributed by atoms with E-state index in [4.69, 9.17) is 9.72 Å². The van der Waals surface area contributed by atoms with Crippen LogP contribution in [0.1, 0.15) is 80.8 Å². The molecule has 0 saturated carbocycles. The topological polar surface area (TPSA) is 189 Å². The predicted octanol–water partition coefficient (Wildman–Crippen LogP) is 5.12. The second kappa shape index (κ2) is 19.5. The van der Waals surface area contributed by atoms with Crippen molar-refractivity contribution in [1.82, 2.24) is 40.4 Å². The number of ether oxygens (including phenoxy) is 1. The zero-order valence-electron chi connectivity index (χ0n) is 38.3. The van der Waals surface area contributed by atoms with Crippen LogP contribution in [0, 0.1) is 17.6 Å². The molecular formula is C50H58F2N10O6. The molecule has 5 fully saturated rings. The van der Waals surface area contributed by atoms with Crippen LogP contribution in [-0.4, -0.2) is 141 Å². The van der Waals surface area contributed by atoms with Crippen molar-refractivity contribution in [3.05, 3.63) is 71.7 Å². The van der Waals surface area contributed by atoms with E-state index < -0.39 is 35.6 Å². The van der Waals surface area contributed by atoms with E-state index in [-0.39, 0.29) is 59.1 Å². The minimum absolute atomic E-state index is 0.0100. The van der Waals surface area contributed by atoms with Gasteiger partial charge in [0.15, 0.2) is 5.82 Å². The summed E-state index contributed by atoms with van der Waals surface area (Å²) in [5.74, 6) is -1.46. The Labute approximate surface area is 393 Å². The molecule has 10 rings (SSSR count). The van der Waals surface area contributed by atoms with E-state index in [0.717, 1.165) is 83.5 Å². The summed E-state index contributed by atoms with van der Waals surface area (Å²) in [5, 5.41) is 27.7. The molecule has 5 saturated heterocycles. The number of anilines is 2. The number of phenols is 1. The number of hydrogen-bond acceptors (Lipinski definition) is 14. The average Bonchev–Trinajstić information content (AvgIpc) is 3.81. The summed E-state index contributed by atoms with van der Waals surface area (Å²) in [5.41, 5.74) is 1.82. The normalized spacial score (nSPS) is 22.6. The molecule has 18 heteroatoms. The number of β-amino-alcohol motifs (C(OH)–C–C–N with tert-alkyl or cyclic N) is 1. The van der Waals surface area contributed by atoms with Crippen LogP contribution >= 0.6 is 0 Å². The lowest BCUT2D eigenvalue weighted by molar-refractivity contribution is -0.134. The van der Waals surface area contributed by atoms with Gasteiger partial charge in [0, 0.05) is 70.0 Å². The third kappa shape index (κ3) is 9.50. The summed E-state index contributed by atoms with van der Waals surface area (Å²) < 4.78 is 38.7. The number of pyridine rings is 2. The van der Waals surface area contributed by atoms with Gasteiger partial charge >= 0.3 is 6.01 Å². The lowest BCUT2D eigenvalue weighted by Crippen LogP contribution is -2.52. The minimum atomic E-state index is -0.746. The molecule has 3 atom stereocenters. The van der Waals surface area contributed by atoms with Crippen molar-refractivity contribution in [2.45, 2.75) is 95.4 Å². The summed E-state index contributed by atoms with van der Waals surface area (Å²) in [7, 11) is 0. The molecule has 68 heavy (non-hydrogen) atoms. The van der Waals surface area contributed by atoms with E-state index in [1.165, 1.54) is 24.4 Å². The first-order valence-electron chi connectivity index (χ1n) is 24.2. The van der Waals surface area contributed by atoms with Crippen molar-refractivity contribution in [3.63, 3.8) is 0 Å². The highest BCUT2D eigenvalue weighted by molar-refractivity contribution is 6.04. The third-order valence-corrected chi connectivity index (χ3v) is 14.6. The molecule has 3 unspecified atom stereocenters. The smallest absolute Gasteiger partial charge is 0.319 e. The molecule has 8 heterocycles. The number of aliphatic hydroxyl groups excluding tert-OH is 1. The molecule has 3 aromatic heterocycles. The first-order valence-corrected chi connectivity index (χ1v) is 24.2. The molecule has 5 aromatic rings. The number of amides is 3. The summed E-state index contributed by atoms with van der Waals surface area (Å²) in [4.78, 5) is 64.1. The number of nitrogens with zero attached hydrogens (tertiary/aromatic N) is 8. The molecule has 16 nitrogen and oxygen atoms in total. The molecule has 0 bridgehead atoms. The van der Waals surface area contributed by atoms with Gasteiger partial charge in [-0.1, -0.05) is 13.0 Å². The average molecular weight is 933 g/mol. The number of benzene rings is 2. The monoisotopic (exact) mass is 932 g/mol. The van der Waals surface area contributed by atoms with Gasteiger partial charge in [0.2, 0.25) is 11.8 Å². The minimum Gasteiger partial charge on any atom is -0.508 e. The largest absolute Gasteiger partial charge is 0.508 e. The van der Waals surface area contributed by atoms with Crippen LogP contribution in [-0.2, 0) is 16.0 Å². The van der Waals surface area contributed by atoms with Crippen LogP contribution in [0.3, 0.4) is 0 Å². The maximum atomic E-state index is 17.1. The summed E-state index contributed by atoms with van der Waals surface area (Å²) >= 11 is 0. The van der Waals surface area contributed by atoms with Crippen molar-refractivity contribution < 1.29 is 38.1 Å². The van der Waals surface area contributed by atoms with E-state index in [9.17, 15) is 24.6 Å². The number of aromatic hydroxyl groups is 1. The van der Waals surface area contributed by atoms with E-state index in [1.54, 1.807) is 18.3 Å². The van der Waals surface area contributed by atoms with Crippen LogP contribution in [0.2, 0.25) is 0 Å². The van der Waals surface area contributed by atoms with Crippen LogP contribution < -0.4 is 25.2 Å². The standard InChI is InChI=1S/C50H58F2N10O6/c1-2-36-39(51)7-5-30-22-34(64)23-37(43(30)36)45-44(52)46-38(25-54-45)47(62-16-3-4-33(63)27-62)58-50(57-46)68-35-15-21-61(28-35)31-13-17-59(18-14-31)26-29-11-19-60(20-12-29)32-6-8-40(53-24-32)48(66)55-41-9-10-42(65)56-49(41)67/h5-8,22-25,29,31,33,35,41,63-64H,2-4,9-21,26-28H2,1H3,(H,55,66)(H,56,65,67).